The third-order valence-electron chi connectivity index (χ3n) is 2.64. The van der Waals surface area contributed by atoms with E-state index in [0.29, 0.717) is 32.1 Å². The minimum atomic E-state index is -0.877. The molecule has 0 aliphatic carbocycles. The topological polar surface area (TPSA) is 80.4 Å². The lowest BCUT2D eigenvalue weighted by atomic mass is 10.00. The normalized spacial score (nSPS) is 14.4. The van der Waals surface area contributed by atoms with Gasteiger partial charge in [-0.1, -0.05) is 19.8 Å². The molecule has 0 aromatic heterocycles. The van der Waals surface area contributed by atoms with Crippen LogP contribution in [0.25, 0.3) is 0 Å². The number of nitro groups is 1. The molecule has 2 unspecified atom stereocenters. The Kier molecular flexibility index (Phi) is 8.71. The molecule has 0 rings (SSSR count). The number of hydrogen-bond donors (Lipinski definition) is 1. The number of unbranched alkanes of at least 4 members (excludes halogenated alkanes) is 3. The molecule has 16 heavy (non-hydrogen) atoms. The summed E-state index contributed by atoms with van der Waals surface area (Å²) >= 11 is 0. The Hall–Kier alpha value is -0.970. The highest BCUT2D eigenvalue weighted by Gasteiger charge is 2.28. The Morgan fingerprint density at radius 2 is 2.00 bits per heavy atom. The van der Waals surface area contributed by atoms with E-state index in [1.807, 2.05) is 6.92 Å². The summed E-state index contributed by atoms with van der Waals surface area (Å²) in [5, 5.41) is 20.4. The van der Waals surface area contributed by atoms with Crippen LogP contribution in [0.4, 0.5) is 0 Å². The maximum absolute atomic E-state index is 10.7. The molecule has 2 atom stereocenters. The number of carbonyl (C=O) groups excluding carboxylic acids is 1. The second kappa shape index (κ2) is 9.27. The van der Waals surface area contributed by atoms with E-state index < -0.39 is 17.1 Å². The van der Waals surface area contributed by atoms with Gasteiger partial charge in [-0.3, -0.25) is 10.1 Å². The molecule has 5 nitrogen and oxygen atoms in total. The minimum Gasteiger partial charge on any atom is -0.386 e. The van der Waals surface area contributed by atoms with Crippen LogP contribution in [0.2, 0.25) is 0 Å². The molecule has 0 saturated carbocycles. The van der Waals surface area contributed by atoms with E-state index in [1.165, 1.54) is 0 Å². The summed E-state index contributed by atoms with van der Waals surface area (Å²) < 4.78 is 0. The van der Waals surface area contributed by atoms with Gasteiger partial charge in [0.15, 0.2) is 0 Å². The van der Waals surface area contributed by atoms with Crippen LogP contribution in [-0.4, -0.2) is 28.5 Å². The molecule has 0 bridgehead atoms. The lowest BCUT2D eigenvalue weighted by Gasteiger charge is -2.15. The second-order valence-corrected chi connectivity index (χ2v) is 4.01. The molecule has 0 saturated heterocycles. The van der Waals surface area contributed by atoms with Gasteiger partial charge in [-0.15, -0.1) is 0 Å². The van der Waals surface area contributed by atoms with E-state index in [-0.39, 0.29) is 0 Å². The molecule has 1 N–H and O–H groups in total. The molecule has 0 aromatic rings. The largest absolute Gasteiger partial charge is 0.386 e. The number of aliphatic hydroxyl groups excluding tert-OH is 1. The van der Waals surface area contributed by atoms with Crippen molar-refractivity contribution in [3.8, 4) is 0 Å². The monoisotopic (exact) mass is 231 g/mol. The van der Waals surface area contributed by atoms with Gasteiger partial charge in [0.05, 0.1) is 0 Å². The van der Waals surface area contributed by atoms with E-state index in [1.54, 1.807) is 0 Å². The van der Waals surface area contributed by atoms with Crippen LogP contribution >= 0.6 is 0 Å². The average Bonchev–Trinajstić information content (AvgIpc) is 2.25. The van der Waals surface area contributed by atoms with E-state index >= 15 is 0 Å². The zero-order chi connectivity index (χ0) is 12.4. The van der Waals surface area contributed by atoms with Crippen LogP contribution in [0.5, 0.6) is 0 Å². The first kappa shape index (κ1) is 15.0. The van der Waals surface area contributed by atoms with E-state index in [2.05, 4.69) is 0 Å². The maximum atomic E-state index is 10.7. The van der Waals surface area contributed by atoms with Gasteiger partial charge in [0, 0.05) is 17.8 Å². The summed E-state index contributed by atoms with van der Waals surface area (Å²) in [7, 11) is 0. The quantitative estimate of drug-likeness (QED) is 0.269. The third-order valence-corrected chi connectivity index (χ3v) is 2.64. The summed E-state index contributed by atoms with van der Waals surface area (Å²) in [6, 6.07) is -0.877. The van der Waals surface area contributed by atoms with Crippen molar-refractivity contribution in [3.63, 3.8) is 0 Å². The number of aldehydes is 1. The molecule has 0 heterocycles. The third kappa shape index (κ3) is 6.50. The van der Waals surface area contributed by atoms with Crippen LogP contribution in [0.1, 0.15) is 51.9 Å². The average molecular weight is 231 g/mol. The van der Waals surface area contributed by atoms with E-state index in [4.69, 9.17) is 0 Å². The smallest absolute Gasteiger partial charge is 0.238 e. The van der Waals surface area contributed by atoms with Crippen molar-refractivity contribution >= 4 is 6.29 Å². The Labute approximate surface area is 96.0 Å². The van der Waals surface area contributed by atoms with Crippen LogP contribution < -0.4 is 0 Å². The van der Waals surface area contributed by atoms with Gasteiger partial charge >= 0.3 is 0 Å². The van der Waals surface area contributed by atoms with Crippen molar-refractivity contribution in [1.29, 1.82) is 0 Å². The van der Waals surface area contributed by atoms with Gasteiger partial charge in [-0.2, -0.15) is 0 Å². The van der Waals surface area contributed by atoms with Crippen molar-refractivity contribution < 1.29 is 14.8 Å². The highest BCUT2D eigenvalue weighted by atomic mass is 16.6. The zero-order valence-corrected chi connectivity index (χ0v) is 9.80. The predicted molar refractivity (Wildman–Crippen MR) is 60.8 cm³/mol. The SMILES string of the molecule is CCCCC(O)C(CCCCC=O)[N+](=O)[O-]. The number of nitrogens with zero attached hydrogens (tertiary/aromatic N) is 1. The molecule has 0 spiro atoms. The number of rotatable bonds is 10. The lowest BCUT2D eigenvalue weighted by Crippen LogP contribution is -2.33. The molecule has 0 aliphatic heterocycles. The van der Waals surface area contributed by atoms with Crippen LogP contribution in [0.3, 0.4) is 0 Å². The van der Waals surface area contributed by atoms with Crippen molar-refractivity contribution in [2.75, 3.05) is 0 Å². The molecule has 0 aromatic carbocycles. The standard InChI is InChI=1S/C11H21NO4/c1-2-3-8-11(14)10(12(15)16)7-5-4-6-9-13/h9-11,14H,2-8H2,1H3. The fraction of sp³-hybridized carbons (Fsp3) is 0.909. The van der Waals surface area contributed by atoms with Crippen LogP contribution in [0, 0.1) is 10.1 Å². The van der Waals surface area contributed by atoms with Crippen molar-refractivity contribution in [3.05, 3.63) is 10.1 Å². The Balaban J connectivity index is 3.95. The summed E-state index contributed by atoms with van der Waals surface area (Å²) in [5.74, 6) is 0. The summed E-state index contributed by atoms with van der Waals surface area (Å²) in [5.41, 5.74) is 0. The minimum absolute atomic E-state index is 0.353. The molecular formula is C11H21NO4. The summed E-state index contributed by atoms with van der Waals surface area (Å²) in [6.45, 7) is 1.98. The zero-order valence-electron chi connectivity index (χ0n) is 9.80. The first-order chi connectivity index (χ1) is 7.63. The van der Waals surface area contributed by atoms with Crippen LogP contribution in [-0.2, 0) is 4.79 Å². The lowest BCUT2D eigenvalue weighted by molar-refractivity contribution is -0.535. The molecule has 0 aliphatic rings. The molecule has 0 radical (unpaired) electrons. The van der Waals surface area contributed by atoms with Crippen molar-refractivity contribution in [1.82, 2.24) is 0 Å². The molecule has 94 valence electrons. The Bertz CT molecular complexity index is 208. The van der Waals surface area contributed by atoms with Gasteiger partial charge in [0.2, 0.25) is 6.04 Å². The first-order valence-electron chi connectivity index (χ1n) is 5.88. The van der Waals surface area contributed by atoms with Crippen molar-refractivity contribution in [2.24, 2.45) is 0 Å². The van der Waals surface area contributed by atoms with E-state index in [9.17, 15) is 20.0 Å². The number of aliphatic hydroxyl groups is 1. The van der Waals surface area contributed by atoms with Gasteiger partial charge in [-0.25, -0.2) is 0 Å². The second-order valence-electron chi connectivity index (χ2n) is 4.01. The van der Waals surface area contributed by atoms with Crippen molar-refractivity contribution in [2.45, 2.75) is 64.0 Å². The first-order valence-corrected chi connectivity index (χ1v) is 5.88. The van der Waals surface area contributed by atoms with Gasteiger partial charge in [0.1, 0.15) is 12.4 Å². The Morgan fingerprint density at radius 3 is 2.50 bits per heavy atom. The summed E-state index contributed by atoms with van der Waals surface area (Å²) in [4.78, 5) is 20.4. The fourth-order valence-corrected chi connectivity index (χ4v) is 1.63. The predicted octanol–water partition coefficient (Wildman–Crippen LogP) is 1.94. The fourth-order valence-electron chi connectivity index (χ4n) is 1.63. The number of carbonyl (C=O) groups is 1. The van der Waals surface area contributed by atoms with Gasteiger partial charge in [-0.05, 0) is 19.3 Å². The maximum Gasteiger partial charge on any atom is 0.238 e. The number of hydrogen-bond acceptors (Lipinski definition) is 4. The molecule has 5 heteroatoms. The van der Waals surface area contributed by atoms with Crippen LogP contribution in [0.15, 0.2) is 0 Å². The van der Waals surface area contributed by atoms with E-state index in [0.717, 1.165) is 19.1 Å². The highest BCUT2D eigenvalue weighted by Crippen LogP contribution is 2.14. The molecular weight excluding hydrogens is 210 g/mol. The Morgan fingerprint density at radius 1 is 1.31 bits per heavy atom. The van der Waals surface area contributed by atoms with Gasteiger partial charge < -0.3 is 9.90 Å². The summed E-state index contributed by atoms with van der Waals surface area (Å²) in [6.07, 6.45) is 4.24. The van der Waals surface area contributed by atoms with Gasteiger partial charge in [0.25, 0.3) is 0 Å². The molecule has 0 amide bonds. The molecule has 0 fully saturated rings. The highest BCUT2D eigenvalue weighted by molar-refractivity contribution is 5.48.